The molecule has 1 fully saturated rings. The normalized spacial score (nSPS) is 19.5. The summed E-state index contributed by atoms with van der Waals surface area (Å²) in [6.45, 7) is 3.97. The first-order valence-corrected chi connectivity index (χ1v) is 29.3. The van der Waals surface area contributed by atoms with Gasteiger partial charge in [-0.1, -0.05) is 204 Å². The molecule has 0 aromatic heterocycles. The standard InChI is InChI=1S/C56H102O12S/c1-3-5-7-9-11-13-15-17-19-21-22-23-24-25-26-27-28-29-30-32-34-36-38-40-42-44-46-64-48-50(49-65-56-54(60)55(68-69(61,62)63)53(59)51(47-57)67-56)66-52(58)45-43-41-39-37-35-33-31-20-18-16-14-12-10-8-6-4-2/h14-17,20-22,31,50-51,53-57,59-60H,3-13,18-19,23-30,32-49H2,1-2H3,(H,61,62,63)/b16-14-,17-15-,22-21-,31-20-. The van der Waals surface area contributed by atoms with Gasteiger partial charge in [0.15, 0.2) is 6.29 Å². The number of esters is 1. The molecule has 1 heterocycles. The average molecular weight is 999 g/mol. The fourth-order valence-corrected chi connectivity index (χ4v) is 8.95. The third-order valence-electron chi connectivity index (χ3n) is 12.7. The Kier molecular flexibility index (Phi) is 44.4. The highest BCUT2D eigenvalue weighted by Gasteiger charge is 2.48. The lowest BCUT2D eigenvalue weighted by molar-refractivity contribution is -0.301. The van der Waals surface area contributed by atoms with Crippen molar-refractivity contribution in [2.75, 3.05) is 26.4 Å². The summed E-state index contributed by atoms with van der Waals surface area (Å²) < 4.78 is 59.3. The fraction of sp³-hybridized carbons (Fsp3) is 0.839. The number of rotatable bonds is 49. The molecule has 1 saturated heterocycles. The lowest BCUT2D eigenvalue weighted by atomic mass is 9.99. The van der Waals surface area contributed by atoms with Crippen molar-refractivity contribution in [3.05, 3.63) is 48.6 Å². The Balaban J connectivity index is 2.29. The number of aliphatic hydroxyl groups is 3. The van der Waals surface area contributed by atoms with E-state index in [1.165, 1.54) is 141 Å². The van der Waals surface area contributed by atoms with E-state index in [0.29, 0.717) is 13.0 Å². The second kappa shape index (κ2) is 47.1. The quantitative estimate of drug-likeness (QED) is 0.0196. The Morgan fingerprint density at radius 1 is 0.551 bits per heavy atom. The first-order chi connectivity index (χ1) is 33.6. The SMILES string of the molecule is CCCCCC/C=C\C/C=C\CCCCCCCC(=O)OC(COCCCCCCCCCCCCCCCC/C=C\C/C=C\CCCCCCC)COC1OC(CO)C(O)C(OS(=O)(=O)O)C1O. The van der Waals surface area contributed by atoms with Crippen LogP contribution in [0.25, 0.3) is 0 Å². The van der Waals surface area contributed by atoms with Crippen LogP contribution in [0.4, 0.5) is 0 Å². The van der Waals surface area contributed by atoms with Crippen LogP contribution in [0.2, 0.25) is 0 Å². The van der Waals surface area contributed by atoms with Crippen LogP contribution < -0.4 is 0 Å². The first kappa shape index (κ1) is 65.1. The molecule has 0 aromatic carbocycles. The smallest absolute Gasteiger partial charge is 0.397 e. The molecule has 0 radical (unpaired) electrons. The number of hydrogen-bond acceptors (Lipinski definition) is 11. The molecule has 13 heteroatoms. The summed E-state index contributed by atoms with van der Waals surface area (Å²) in [5.74, 6) is -0.411. The zero-order chi connectivity index (χ0) is 50.3. The highest BCUT2D eigenvalue weighted by molar-refractivity contribution is 7.80. The number of ether oxygens (including phenoxy) is 4. The van der Waals surface area contributed by atoms with Gasteiger partial charge in [0.05, 0.1) is 19.8 Å². The van der Waals surface area contributed by atoms with Crippen molar-refractivity contribution < 1.29 is 56.2 Å². The summed E-state index contributed by atoms with van der Waals surface area (Å²) in [6.07, 6.45) is 50.1. The summed E-state index contributed by atoms with van der Waals surface area (Å²) in [6, 6.07) is 0. The van der Waals surface area contributed by atoms with Crippen molar-refractivity contribution in [3.8, 4) is 0 Å². The predicted octanol–water partition coefficient (Wildman–Crippen LogP) is 13.5. The summed E-state index contributed by atoms with van der Waals surface area (Å²) in [5.41, 5.74) is 0. The van der Waals surface area contributed by atoms with E-state index in [0.717, 1.165) is 70.6 Å². The van der Waals surface area contributed by atoms with E-state index in [-0.39, 0.29) is 19.6 Å². The van der Waals surface area contributed by atoms with E-state index in [4.69, 9.17) is 18.9 Å². The largest absolute Gasteiger partial charge is 0.457 e. The Labute approximate surface area is 421 Å². The lowest BCUT2D eigenvalue weighted by Gasteiger charge is -2.41. The summed E-state index contributed by atoms with van der Waals surface area (Å²) in [4.78, 5) is 12.9. The molecule has 1 rings (SSSR count). The van der Waals surface area contributed by atoms with Gasteiger partial charge in [0.2, 0.25) is 0 Å². The zero-order valence-electron chi connectivity index (χ0n) is 43.6. The third-order valence-corrected chi connectivity index (χ3v) is 13.1. The first-order valence-electron chi connectivity index (χ1n) is 27.9. The highest BCUT2D eigenvalue weighted by atomic mass is 32.3. The molecule has 404 valence electrons. The van der Waals surface area contributed by atoms with E-state index < -0.39 is 59.8 Å². The second-order valence-corrected chi connectivity index (χ2v) is 20.2. The molecule has 6 atom stereocenters. The van der Waals surface area contributed by atoms with Crippen LogP contribution in [-0.2, 0) is 38.3 Å². The van der Waals surface area contributed by atoms with Gasteiger partial charge in [0, 0.05) is 13.0 Å². The van der Waals surface area contributed by atoms with E-state index >= 15 is 0 Å². The van der Waals surface area contributed by atoms with Gasteiger partial charge < -0.3 is 34.3 Å². The van der Waals surface area contributed by atoms with Gasteiger partial charge in [-0.3, -0.25) is 9.35 Å². The maximum atomic E-state index is 12.9. The van der Waals surface area contributed by atoms with Crippen LogP contribution in [-0.4, -0.2) is 97.5 Å². The van der Waals surface area contributed by atoms with Gasteiger partial charge in [-0.25, -0.2) is 4.18 Å². The monoisotopic (exact) mass is 999 g/mol. The maximum Gasteiger partial charge on any atom is 0.397 e. The number of hydrogen-bond donors (Lipinski definition) is 4. The van der Waals surface area contributed by atoms with Gasteiger partial charge >= 0.3 is 16.4 Å². The van der Waals surface area contributed by atoms with E-state index in [1.807, 2.05) is 0 Å². The van der Waals surface area contributed by atoms with Crippen LogP contribution in [0.15, 0.2) is 48.6 Å². The van der Waals surface area contributed by atoms with Gasteiger partial charge in [0.25, 0.3) is 0 Å². The molecule has 6 unspecified atom stereocenters. The van der Waals surface area contributed by atoms with Gasteiger partial charge in [-0.15, -0.1) is 0 Å². The highest BCUT2D eigenvalue weighted by Crippen LogP contribution is 2.26. The Morgan fingerprint density at radius 2 is 0.957 bits per heavy atom. The molecule has 4 N–H and O–H groups in total. The van der Waals surface area contributed by atoms with Crippen molar-refractivity contribution in [1.82, 2.24) is 0 Å². The predicted molar refractivity (Wildman–Crippen MR) is 280 cm³/mol. The molecule has 1 aliphatic rings. The molecule has 69 heavy (non-hydrogen) atoms. The van der Waals surface area contributed by atoms with Crippen LogP contribution in [0, 0.1) is 0 Å². The fourth-order valence-electron chi connectivity index (χ4n) is 8.44. The minimum atomic E-state index is -5.07. The molecule has 0 aromatic rings. The molecule has 1 aliphatic heterocycles. The van der Waals surface area contributed by atoms with Crippen molar-refractivity contribution in [2.45, 2.75) is 275 Å². The van der Waals surface area contributed by atoms with Crippen LogP contribution in [0.1, 0.15) is 239 Å². The molecular formula is C56H102O12S. The van der Waals surface area contributed by atoms with E-state index in [1.54, 1.807) is 0 Å². The number of aliphatic hydroxyl groups excluding tert-OH is 3. The molecule has 0 aliphatic carbocycles. The summed E-state index contributed by atoms with van der Waals surface area (Å²) >= 11 is 0. The van der Waals surface area contributed by atoms with Crippen LogP contribution in [0.3, 0.4) is 0 Å². The number of allylic oxidation sites excluding steroid dienone is 8. The molecular weight excluding hydrogens is 897 g/mol. The number of carbonyl (C=O) groups excluding carboxylic acids is 1. The number of carbonyl (C=O) groups is 1. The number of unbranched alkanes of at least 4 members (excludes halogenated alkanes) is 28. The lowest BCUT2D eigenvalue weighted by Crippen LogP contribution is -2.60. The topological polar surface area (TPSA) is 178 Å². The van der Waals surface area contributed by atoms with Gasteiger partial charge in [0.1, 0.15) is 30.5 Å². The summed E-state index contributed by atoms with van der Waals surface area (Å²) in [5, 5.41) is 30.8. The third kappa shape index (κ3) is 40.3. The van der Waals surface area contributed by atoms with Crippen molar-refractivity contribution in [3.63, 3.8) is 0 Å². The average Bonchev–Trinajstić information content (AvgIpc) is 3.32. The molecule has 0 bridgehead atoms. The minimum Gasteiger partial charge on any atom is -0.457 e. The molecule has 0 saturated carbocycles. The zero-order valence-corrected chi connectivity index (χ0v) is 44.4. The van der Waals surface area contributed by atoms with Crippen molar-refractivity contribution in [2.24, 2.45) is 0 Å². The van der Waals surface area contributed by atoms with Crippen LogP contribution in [0.5, 0.6) is 0 Å². The van der Waals surface area contributed by atoms with E-state index in [2.05, 4.69) is 66.6 Å². The Morgan fingerprint density at radius 3 is 1.39 bits per heavy atom. The van der Waals surface area contributed by atoms with Crippen molar-refractivity contribution in [1.29, 1.82) is 0 Å². The maximum absolute atomic E-state index is 12.9. The Hall–Kier alpha value is -1.94. The van der Waals surface area contributed by atoms with Gasteiger partial charge in [-0.05, 0) is 77.0 Å². The van der Waals surface area contributed by atoms with Gasteiger partial charge in [-0.2, -0.15) is 8.42 Å². The van der Waals surface area contributed by atoms with E-state index in [9.17, 15) is 33.1 Å². The van der Waals surface area contributed by atoms with Crippen molar-refractivity contribution >= 4 is 16.4 Å². The molecule has 12 nitrogen and oxygen atoms in total. The summed E-state index contributed by atoms with van der Waals surface area (Å²) in [7, 11) is -5.07. The molecule has 0 spiro atoms. The minimum absolute atomic E-state index is 0.0304. The molecule has 0 amide bonds. The Bertz CT molecular complexity index is 1380. The van der Waals surface area contributed by atoms with Crippen LogP contribution >= 0.6 is 0 Å². The second-order valence-electron chi connectivity index (χ2n) is 19.2.